The lowest BCUT2D eigenvalue weighted by molar-refractivity contribution is -0.145. The Morgan fingerprint density at radius 1 is 1.33 bits per heavy atom. The van der Waals surface area contributed by atoms with Gasteiger partial charge in [0, 0.05) is 6.04 Å². The Balaban J connectivity index is 2.60. The average molecular weight is 171 g/mol. The Kier molecular flexibility index (Phi) is 3.09. The van der Waals surface area contributed by atoms with Crippen molar-refractivity contribution in [3.05, 3.63) is 0 Å². The second-order valence-electron chi connectivity index (χ2n) is 3.76. The van der Waals surface area contributed by atoms with Gasteiger partial charge in [0.2, 0.25) is 0 Å². The predicted molar refractivity (Wildman–Crippen MR) is 47.1 cm³/mol. The van der Waals surface area contributed by atoms with Gasteiger partial charge in [-0.2, -0.15) is 0 Å². The summed E-state index contributed by atoms with van der Waals surface area (Å²) in [6, 6.07) is 0.247. The molecule has 3 heteroatoms. The van der Waals surface area contributed by atoms with Crippen LogP contribution in [0, 0.1) is 5.92 Å². The highest BCUT2D eigenvalue weighted by Gasteiger charge is 2.31. The smallest absolute Gasteiger partial charge is 0.308 e. The Morgan fingerprint density at radius 3 is 2.33 bits per heavy atom. The molecule has 0 aromatic rings. The molecule has 0 aromatic carbocycles. The first kappa shape index (κ1) is 9.52. The summed E-state index contributed by atoms with van der Waals surface area (Å²) in [5.41, 5.74) is 0. The molecule has 0 aromatic heterocycles. The summed E-state index contributed by atoms with van der Waals surface area (Å²) in [7, 11) is 3.93. The molecular formula is C9H17NO2. The summed E-state index contributed by atoms with van der Waals surface area (Å²) in [5.74, 6) is -0.776. The Bertz CT molecular complexity index is 168. The largest absolute Gasteiger partial charge is 0.481 e. The van der Waals surface area contributed by atoms with Crippen LogP contribution in [-0.4, -0.2) is 36.1 Å². The topological polar surface area (TPSA) is 40.5 Å². The molecule has 70 valence electrons. The van der Waals surface area contributed by atoms with Crippen LogP contribution in [0.3, 0.4) is 0 Å². The van der Waals surface area contributed by atoms with Crippen LogP contribution >= 0.6 is 0 Å². The van der Waals surface area contributed by atoms with E-state index in [0.717, 1.165) is 19.3 Å². The molecule has 0 aliphatic heterocycles. The number of carboxylic acids is 1. The van der Waals surface area contributed by atoms with Crippen LogP contribution in [0.1, 0.15) is 25.7 Å². The van der Waals surface area contributed by atoms with E-state index in [-0.39, 0.29) is 12.0 Å². The van der Waals surface area contributed by atoms with Crippen LogP contribution in [0.5, 0.6) is 0 Å². The van der Waals surface area contributed by atoms with E-state index in [1.165, 1.54) is 6.42 Å². The fourth-order valence-corrected chi connectivity index (χ4v) is 2.02. The lowest BCUT2D eigenvalue weighted by atomic mass is 9.84. The minimum absolute atomic E-state index is 0.145. The quantitative estimate of drug-likeness (QED) is 0.678. The van der Waals surface area contributed by atoms with Crippen LogP contribution in [0.25, 0.3) is 0 Å². The van der Waals surface area contributed by atoms with E-state index in [1.54, 1.807) is 0 Å². The zero-order valence-electron chi connectivity index (χ0n) is 7.79. The van der Waals surface area contributed by atoms with Gasteiger partial charge >= 0.3 is 5.97 Å². The number of carbonyl (C=O) groups is 1. The fourth-order valence-electron chi connectivity index (χ4n) is 2.02. The maximum Gasteiger partial charge on any atom is 0.308 e. The summed E-state index contributed by atoms with van der Waals surface area (Å²) >= 11 is 0. The molecule has 0 amide bonds. The van der Waals surface area contributed by atoms with Gasteiger partial charge in [-0.1, -0.05) is 12.8 Å². The predicted octanol–water partition coefficient (Wildman–Crippen LogP) is 1.19. The number of carboxylic acid groups (broad SMARTS) is 1. The highest BCUT2D eigenvalue weighted by molar-refractivity contribution is 5.71. The van der Waals surface area contributed by atoms with Gasteiger partial charge in [0.05, 0.1) is 5.92 Å². The molecule has 12 heavy (non-hydrogen) atoms. The van der Waals surface area contributed by atoms with Crippen molar-refractivity contribution in [3.8, 4) is 0 Å². The third-order valence-corrected chi connectivity index (χ3v) is 2.71. The SMILES string of the molecule is CN(C)[C@H]1CCCC[C@H]1C(=O)O. The summed E-state index contributed by atoms with van der Waals surface area (Å²) < 4.78 is 0. The first-order chi connectivity index (χ1) is 5.63. The molecule has 1 aliphatic rings. The van der Waals surface area contributed by atoms with Crippen LogP contribution in [0.2, 0.25) is 0 Å². The minimum Gasteiger partial charge on any atom is -0.481 e. The molecule has 0 bridgehead atoms. The molecule has 3 nitrogen and oxygen atoms in total. The molecule has 1 N–H and O–H groups in total. The standard InChI is InChI=1S/C9H17NO2/c1-10(2)8-6-4-3-5-7(8)9(11)12/h7-8H,3-6H2,1-2H3,(H,11,12)/t7-,8+/m1/s1. The maximum atomic E-state index is 10.8. The third kappa shape index (κ3) is 1.97. The van der Waals surface area contributed by atoms with Crippen molar-refractivity contribution in [2.75, 3.05) is 14.1 Å². The molecule has 2 atom stereocenters. The summed E-state index contributed by atoms with van der Waals surface area (Å²) in [6.07, 6.45) is 4.12. The molecule has 0 unspecified atom stereocenters. The van der Waals surface area contributed by atoms with Crippen molar-refractivity contribution in [3.63, 3.8) is 0 Å². The monoisotopic (exact) mass is 171 g/mol. The lowest BCUT2D eigenvalue weighted by Crippen LogP contribution is -2.41. The minimum atomic E-state index is -0.631. The van der Waals surface area contributed by atoms with Gasteiger partial charge in [-0.15, -0.1) is 0 Å². The fraction of sp³-hybridized carbons (Fsp3) is 0.889. The third-order valence-electron chi connectivity index (χ3n) is 2.71. The maximum absolute atomic E-state index is 10.8. The summed E-state index contributed by atoms with van der Waals surface area (Å²) in [4.78, 5) is 12.9. The molecule has 1 aliphatic carbocycles. The summed E-state index contributed by atoms with van der Waals surface area (Å²) in [6.45, 7) is 0. The number of hydrogen-bond acceptors (Lipinski definition) is 2. The normalized spacial score (nSPS) is 30.6. The van der Waals surface area contributed by atoms with Crippen molar-refractivity contribution in [1.29, 1.82) is 0 Å². The molecule has 0 radical (unpaired) electrons. The second-order valence-corrected chi connectivity index (χ2v) is 3.76. The highest BCUT2D eigenvalue weighted by Crippen LogP contribution is 2.27. The Hall–Kier alpha value is -0.570. The van der Waals surface area contributed by atoms with E-state index < -0.39 is 5.97 Å². The van der Waals surface area contributed by atoms with E-state index in [9.17, 15) is 4.79 Å². The Morgan fingerprint density at radius 2 is 1.92 bits per heavy atom. The molecule has 1 fully saturated rings. The lowest BCUT2D eigenvalue weighted by Gasteiger charge is -2.33. The Labute approximate surface area is 73.4 Å². The van der Waals surface area contributed by atoms with Crippen LogP contribution in [-0.2, 0) is 4.79 Å². The second kappa shape index (κ2) is 3.90. The first-order valence-corrected chi connectivity index (χ1v) is 4.52. The zero-order chi connectivity index (χ0) is 9.14. The molecule has 1 saturated carbocycles. The molecule has 0 heterocycles. The van der Waals surface area contributed by atoms with Crippen molar-refractivity contribution in [1.82, 2.24) is 4.90 Å². The van der Waals surface area contributed by atoms with Gasteiger partial charge in [-0.25, -0.2) is 0 Å². The first-order valence-electron chi connectivity index (χ1n) is 4.52. The van der Waals surface area contributed by atoms with Gasteiger partial charge < -0.3 is 10.0 Å². The van der Waals surface area contributed by atoms with E-state index in [1.807, 2.05) is 19.0 Å². The van der Waals surface area contributed by atoms with Crippen LogP contribution in [0.15, 0.2) is 0 Å². The van der Waals surface area contributed by atoms with Crippen molar-refractivity contribution < 1.29 is 9.90 Å². The zero-order valence-corrected chi connectivity index (χ0v) is 7.79. The van der Waals surface area contributed by atoms with E-state index in [4.69, 9.17) is 5.11 Å². The van der Waals surface area contributed by atoms with E-state index >= 15 is 0 Å². The van der Waals surface area contributed by atoms with Crippen molar-refractivity contribution in [2.45, 2.75) is 31.7 Å². The van der Waals surface area contributed by atoms with Crippen molar-refractivity contribution in [2.24, 2.45) is 5.92 Å². The number of hydrogen-bond donors (Lipinski definition) is 1. The van der Waals surface area contributed by atoms with Crippen molar-refractivity contribution >= 4 is 5.97 Å². The molecular weight excluding hydrogens is 154 g/mol. The van der Waals surface area contributed by atoms with Gasteiger partial charge in [-0.05, 0) is 26.9 Å². The van der Waals surface area contributed by atoms with E-state index in [2.05, 4.69) is 0 Å². The highest BCUT2D eigenvalue weighted by atomic mass is 16.4. The average Bonchev–Trinajstić information content (AvgIpc) is 2.04. The van der Waals surface area contributed by atoms with Gasteiger partial charge in [0.15, 0.2) is 0 Å². The van der Waals surface area contributed by atoms with E-state index in [0.29, 0.717) is 0 Å². The van der Waals surface area contributed by atoms with Crippen LogP contribution < -0.4 is 0 Å². The number of rotatable bonds is 2. The molecule has 0 saturated heterocycles. The van der Waals surface area contributed by atoms with Crippen LogP contribution in [0.4, 0.5) is 0 Å². The van der Waals surface area contributed by atoms with Gasteiger partial charge in [0.1, 0.15) is 0 Å². The summed E-state index contributed by atoms with van der Waals surface area (Å²) in [5, 5.41) is 8.93. The molecule has 0 spiro atoms. The van der Waals surface area contributed by atoms with Gasteiger partial charge in [0.25, 0.3) is 0 Å². The number of nitrogens with zero attached hydrogens (tertiary/aromatic N) is 1. The van der Waals surface area contributed by atoms with Gasteiger partial charge in [-0.3, -0.25) is 4.79 Å². The number of aliphatic carboxylic acids is 1. The molecule has 1 rings (SSSR count).